The fourth-order valence-electron chi connectivity index (χ4n) is 2.76. The summed E-state index contributed by atoms with van der Waals surface area (Å²) in [6.45, 7) is 3.74. The fourth-order valence-corrected chi connectivity index (χ4v) is 3.69. The molecule has 0 radical (unpaired) electrons. The van der Waals surface area contributed by atoms with Crippen LogP contribution in [-0.2, 0) is 27.8 Å². The topological polar surface area (TPSA) is 98.3 Å². The molecule has 0 aromatic carbocycles. The molecule has 1 aliphatic rings. The molecule has 0 saturated carbocycles. The largest absolute Gasteiger partial charge is 0.342 e. The van der Waals surface area contributed by atoms with Crippen LogP contribution in [0.3, 0.4) is 0 Å². The van der Waals surface area contributed by atoms with Crippen LogP contribution < -0.4 is 5.14 Å². The molecule has 1 amide bonds. The maximum atomic E-state index is 12.2. The van der Waals surface area contributed by atoms with Crippen molar-refractivity contribution in [1.82, 2.24) is 14.5 Å². The summed E-state index contributed by atoms with van der Waals surface area (Å²) in [5, 5.41) is 5.05. The number of rotatable bonds is 6. The molecule has 1 aromatic heterocycles. The summed E-state index contributed by atoms with van der Waals surface area (Å²) in [6, 6.07) is 0. The zero-order valence-corrected chi connectivity index (χ0v) is 13.1. The SMILES string of the molecule is CCc1nccn1CCC(=O)N1CCC(CS(N)(=O)=O)C1. The smallest absolute Gasteiger partial charge is 0.224 e. The molecular weight excluding hydrogens is 292 g/mol. The Morgan fingerprint density at radius 2 is 2.29 bits per heavy atom. The first kappa shape index (κ1) is 16.0. The summed E-state index contributed by atoms with van der Waals surface area (Å²) in [6.07, 6.45) is 5.56. The van der Waals surface area contributed by atoms with Crippen molar-refractivity contribution in [3.05, 3.63) is 18.2 Å². The van der Waals surface area contributed by atoms with Crippen LogP contribution in [0.25, 0.3) is 0 Å². The van der Waals surface area contributed by atoms with Gasteiger partial charge < -0.3 is 9.47 Å². The highest BCUT2D eigenvalue weighted by Crippen LogP contribution is 2.18. The zero-order chi connectivity index (χ0) is 15.5. The van der Waals surface area contributed by atoms with Crippen molar-refractivity contribution in [2.24, 2.45) is 11.1 Å². The lowest BCUT2D eigenvalue weighted by Crippen LogP contribution is -2.31. The summed E-state index contributed by atoms with van der Waals surface area (Å²) in [5.41, 5.74) is 0. The van der Waals surface area contributed by atoms with E-state index in [4.69, 9.17) is 5.14 Å². The molecule has 0 aliphatic carbocycles. The molecule has 0 bridgehead atoms. The second-order valence-corrected chi connectivity index (χ2v) is 7.12. The summed E-state index contributed by atoms with van der Waals surface area (Å²) in [4.78, 5) is 18.1. The maximum absolute atomic E-state index is 12.2. The molecule has 2 rings (SSSR count). The van der Waals surface area contributed by atoms with E-state index in [1.54, 1.807) is 11.1 Å². The number of primary sulfonamides is 1. The first-order chi connectivity index (χ1) is 9.89. The third kappa shape index (κ3) is 4.53. The lowest BCUT2D eigenvalue weighted by atomic mass is 10.2. The average molecular weight is 314 g/mol. The average Bonchev–Trinajstić information content (AvgIpc) is 3.02. The van der Waals surface area contributed by atoms with Gasteiger partial charge in [0.2, 0.25) is 15.9 Å². The molecule has 21 heavy (non-hydrogen) atoms. The highest BCUT2D eigenvalue weighted by molar-refractivity contribution is 7.89. The van der Waals surface area contributed by atoms with Gasteiger partial charge in [0.25, 0.3) is 0 Å². The van der Waals surface area contributed by atoms with Crippen molar-refractivity contribution < 1.29 is 13.2 Å². The van der Waals surface area contributed by atoms with Crippen molar-refractivity contribution in [3.8, 4) is 0 Å². The summed E-state index contributed by atoms with van der Waals surface area (Å²) >= 11 is 0. The molecule has 118 valence electrons. The molecule has 1 aliphatic heterocycles. The summed E-state index contributed by atoms with van der Waals surface area (Å²) in [5.74, 6) is 0.945. The van der Waals surface area contributed by atoms with Crippen LogP contribution >= 0.6 is 0 Å². The first-order valence-corrected chi connectivity index (χ1v) is 8.89. The van der Waals surface area contributed by atoms with E-state index in [9.17, 15) is 13.2 Å². The molecule has 7 nitrogen and oxygen atoms in total. The van der Waals surface area contributed by atoms with Crippen molar-refractivity contribution in [2.75, 3.05) is 18.8 Å². The zero-order valence-electron chi connectivity index (χ0n) is 12.2. The number of sulfonamides is 1. The van der Waals surface area contributed by atoms with Crippen molar-refractivity contribution in [3.63, 3.8) is 0 Å². The molecule has 2 heterocycles. The van der Waals surface area contributed by atoms with Gasteiger partial charge in [0, 0.05) is 44.9 Å². The van der Waals surface area contributed by atoms with Crippen LogP contribution in [0, 0.1) is 5.92 Å². The van der Waals surface area contributed by atoms with Gasteiger partial charge >= 0.3 is 0 Å². The Balaban J connectivity index is 1.82. The predicted octanol–water partition coefficient (Wildman–Crippen LogP) is -0.0274. The molecule has 8 heteroatoms. The third-order valence-electron chi connectivity index (χ3n) is 3.79. The van der Waals surface area contributed by atoms with Gasteiger partial charge in [0.05, 0.1) is 5.75 Å². The van der Waals surface area contributed by atoms with E-state index >= 15 is 0 Å². The van der Waals surface area contributed by atoms with Gasteiger partial charge in [-0.05, 0) is 12.3 Å². The Kier molecular flexibility index (Phi) is 5.00. The summed E-state index contributed by atoms with van der Waals surface area (Å²) in [7, 11) is -3.46. The number of aryl methyl sites for hydroxylation is 2. The molecule has 1 fully saturated rings. The quantitative estimate of drug-likeness (QED) is 0.797. The molecular formula is C13H22N4O3S. The maximum Gasteiger partial charge on any atom is 0.224 e. The second-order valence-electron chi connectivity index (χ2n) is 5.46. The molecule has 1 unspecified atom stereocenters. The van der Waals surface area contributed by atoms with Crippen LogP contribution in [0.2, 0.25) is 0 Å². The normalized spacial score (nSPS) is 19.1. The highest BCUT2D eigenvalue weighted by Gasteiger charge is 2.28. The molecule has 1 aromatic rings. The number of likely N-dealkylation sites (tertiary alicyclic amines) is 1. The number of nitrogens with two attached hydrogens (primary N) is 1. The first-order valence-electron chi connectivity index (χ1n) is 7.17. The van der Waals surface area contributed by atoms with E-state index in [-0.39, 0.29) is 17.6 Å². The Morgan fingerprint density at radius 1 is 1.52 bits per heavy atom. The van der Waals surface area contributed by atoms with Crippen LogP contribution in [-0.4, -0.2) is 47.6 Å². The minimum absolute atomic E-state index is 0.0385. The predicted molar refractivity (Wildman–Crippen MR) is 78.9 cm³/mol. The van der Waals surface area contributed by atoms with E-state index in [0.29, 0.717) is 32.5 Å². The van der Waals surface area contributed by atoms with E-state index in [1.807, 2.05) is 17.7 Å². The van der Waals surface area contributed by atoms with Gasteiger partial charge in [0.1, 0.15) is 5.82 Å². The van der Waals surface area contributed by atoms with Gasteiger partial charge in [0.15, 0.2) is 0 Å². The monoisotopic (exact) mass is 314 g/mol. The molecule has 2 N–H and O–H groups in total. The molecule has 0 spiro atoms. The fraction of sp³-hybridized carbons (Fsp3) is 0.692. The standard InChI is InChI=1S/C13H22N4O3S/c1-2-12-15-5-8-16(12)7-4-13(18)17-6-3-11(9-17)10-21(14,19)20/h5,8,11H,2-4,6-7,9-10H2,1H3,(H2,14,19,20). The van der Waals surface area contributed by atoms with Crippen LogP contribution in [0.1, 0.15) is 25.6 Å². The number of carbonyl (C=O) groups excluding carboxylic acids is 1. The number of amides is 1. The summed E-state index contributed by atoms with van der Waals surface area (Å²) < 4.78 is 24.1. The lowest BCUT2D eigenvalue weighted by molar-refractivity contribution is -0.130. The Morgan fingerprint density at radius 3 is 2.95 bits per heavy atom. The number of nitrogens with zero attached hydrogens (tertiary/aromatic N) is 3. The Hall–Kier alpha value is -1.41. The van der Waals surface area contributed by atoms with Gasteiger partial charge in [-0.15, -0.1) is 0 Å². The van der Waals surface area contributed by atoms with Crippen molar-refractivity contribution in [1.29, 1.82) is 0 Å². The van der Waals surface area contributed by atoms with E-state index in [0.717, 1.165) is 12.2 Å². The third-order valence-corrected chi connectivity index (χ3v) is 4.73. The Bertz CT molecular complexity index is 596. The number of carbonyl (C=O) groups is 1. The van der Waals surface area contributed by atoms with Gasteiger partial charge in [-0.2, -0.15) is 0 Å². The second kappa shape index (κ2) is 6.57. The number of hydrogen-bond acceptors (Lipinski definition) is 4. The molecule has 1 saturated heterocycles. The van der Waals surface area contributed by atoms with E-state index < -0.39 is 10.0 Å². The highest BCUT2D eigenvalue weighted by atomic mass is 32.2. The van der Waals surface area contributed by atoms with Crippen LogP contribution in [0.4, 0.5) is 0 Å². The van der Waals surface area contributed by atoms with E-state index in [1.165, 1.54) is 0 Å². The number of imidazole rings is 1. The van der Waals surface area contributed by atoms with Crippen molar-refractivity contribution in [2.45, 2.75) is 32.7 Å². The number of aromatic nitrogens is 2. The molecule has 1 atom stereocenters. The minimum Gasteiger partial charge on any atom is -0.342 e. The Labute approximate surface area is 125 Å². The van der Waals surface area contributed by atoms with Gasteiger partial charge in [-0.1, -0.05) is 6.92 Å². The lowest BCUT2D eigenvalue weighted by Gasteiger charge is -2.17. The minimum atomic E-state index is -3.46. The van der Waals surface area contributed by atoms with Crippen LogP contribution in [0.15, 0.2) is 12.4 Å². The van der Waals surface area contributed by atoms with E-state index in [2.05, 4.69) is 4.98 Å². The number of hydrogen-bond donors (Lipinski definition) is 1. The van der Waals surface area contributed by atoms with Crippen molar-refractivity contribution >= 4 is 15.9 Å². The van der Waals surface area contributed by atoms with Gasteiger partial charge in [-0.3, -0.25) is 4.79 Å². The van der Waals surface area contributed by atoms with Crippen LogP contribution in [0.5, 0.6) is 0 Å². The van der Waals surface area contributed by atoms with Gasteiger partial charge in [-0.25, -0.2) is 18.5 Å².